The Bertz CT molecular complexity index is 627. The lowest BCUT2D eigenvalue weighted by Gasteiger charge is -2.32. The van der Waals surface area contributed by atoms with Crippen LogP contribution in [-0.2, 0) is 11.2 Å². The molecule has 0 saturated carbocycles. The maximum absolute atomic E-state index is 12.4. The van der Waals surface area contributed by atoms with Crippen LogP contribution in [0.4, 0.5) is 0 Å². The van der Waals surface area contributed by atoms with Crippen molar-refractivity contribution in [1.29, 1.82) is 0 Å². The molecule has 1 aliphatic heterocycles. The maximum Gasteiger partial charge on any atom is 0.257 e. The van der Waals surface area contributed by atoms with E-state index in [0.29, 0.717) is 11.3 Å². The Morgan fingerprint density at radius 3 is 2.61 bits per heavy atom. The fourth-order valence-corrected chi connectivity index (χ4v) is 2.99. The van der Waals surface area contributed by atoms with Crippen LogP contribution in [0.25, 0.3) is 0 Å². The molecule has 0 radical (unpaired) electrons. The lowest BCUT2D eigenvalue weighted by atomic mass is 10.1. The molecule has 1 amide bonds. The number of aryl methyl sites for hydroxylation is 1. The third kappa shape index (κ3) is 4.02. The van der Waals surface area contributed by atoms with E-state index in [1.165, 1.54) is 5.56 Å². The summed E-state index contributed by atoms with van der Waals surface area (Å²) in [5.41, 5.74) is 1.98. The van der Waals surface area contributed by atoms with E-state index in [-0.39, 0.29) is 12.0 Å². The van der Waals surface area contributed by atoms with Gasteiger partial charge in [-0.05, 0) is 37.8 Å². The quantitative estimate of drug-likeness (QED) is 0.849. The zero-order chi connectivity index (χ0) is 16.1. The van der Waals surface area contributed by atoms with Crippen molar-refractivity contribution in [2.24, 2.45) is 0 Å². The third-order valence-electron chi connectivity index (χ3n) is 4.41. The first-order chi connectivity index (χ1) is 11.2. The molecule has 0 atom stereocenters. The van der Waals surface area contributed by atoms with Crippen molar-refractivity contribution in [2.45, 2.75) is 32.3 Å². The molecule has 2 aromatic rings. The molecule has 0 aliphatic carbocycles. The monoisotopic (exact) mass is 313 g/mol. The lowest BCUT2D eigenvalue weighted by Crippen LogP contribution is -2.41. The van der Waals surface area contributed by atoms with E-state index in [4.69, 9.17) is 9.15 Å². The number of benzene rings is 1. The number of furan rings is 1. The largest absolute Gasteiger partial charge is 0.469 e. The molecule has 0 bridgehead atoms. The Morgan fingerprint density at radius 1 is 1.22 bits per heavy atom. The van der Waals surface area contributed by atoms with E-state index in [2.05, 4.69) is 24.3 Å². The molecule has 1 saturated heterocycles. The molecule has 122 valence electrons. The van der Waals surface area contributed by atoms with Crippen molar-refractivity contribution < 1.29 is 13.9 Å². The number of carbonyl (C=O) groups is 1. The first-order valence-corrected chi connectivity index (χ1v) is 8.23. The molecule has 1 fully saturated rings. The van der Waals surface area contributed by atoms with Gasteiger partial charge in [-0.3, -0.25) is 4.79 Å². The molecule has 1 aromatic heterocycles. The topological polar surface area (TPSA) is 42.7 Å². The van der Waals surface area contributed by atoms with Gasteiger partial charge in [0.05, 0.1) is 24.5 Å². The Labute approximate surface area is 137 Å². The van der Waals surface area contributed by atoms with E-state index < -0.39 is 0 Å². The molecule has 0 N–H and O–H groups in total. The summed E-state index contributed by atoms with van der Waals surface area (Å²) in [5, 5.41) is 0. The highest BCUT2D eigenvalue weighted by molar-refractivity contribution is 5.95. The second-order valence-electron chi connectivity index (χ2n) is 5.99. The smallest absolute Gasteiger partial charge is 0.257 e. The summed E-state index contributed by atoms with van der Waals surface area (Å²) < 4.78 is 11.2. The van der Waals surface area contributed by atoms with Gasteiger partial charge in [-0.1, -0.05) is 30.3 Å². The standard InChI is InChI=1S/C19H23NO3/c1-15-18(10-14-22-15)19(21)20-11-7-17(8-12-20)23-13-9-16-5-3-2-4-6-16/h2-6,10,14,17H,7-9,11-13H2,1H3. The molecule has 1 aliphatic rings. The van der Waals surface area contributed by atoms with Crippen LogP contribution in [0.1, 0.15) is 34.5 Å². The van der Waals surface area contributed by atoms with Crippen LogP contribution < -0.4 is 0 Å². The summed E-state index contributed by atoms with van der Waals surface area (Å²) in [6.45, 7) is 4.06. The van der Waals surface area contributed by atoms with E-state index in [1.807, 2.05) is 17.9 Å². The number of nitrogens with zero attached hydrogens (tertiary/aromatic N) is 1. The molecule has 1 aromatic carbocycles. The molecular weight excluding hydrogens is 290 g/mol. The third-order valence-corrected chi connectivity index (χ3v) is 4.41. The van der Waals surface area contributed by atoms with E-state index in [1.54, 1.807) is 12.3 Å². The molecule has 23 heavy (non-hydrogen) atoms. The second-order valence-corrected chi connectivity index (χ2v) is 5.99. The van der Waals surface area contributed by atoms with Crippen LogP contribution in [0.15, 0.2) is 47.1 Å². The van der Waals surface area contributed by atoms with E-state index >= 15 is 0 Å². The minimum absolute atomic E-state index is 0.0685. The van der Waals surface area contributed by atoms with Gasteiger partial charge >= 0.3 is 0 Å². The Morgan fingerprint density at radius 2 is 1.96 bits per heavy atom. The summed E-state index contributed by atoms with van der Waals surface area (Å²) in [6, 6.07) is 12.1. The predicted molar refractivity (Wildman–Crippen MR) is 88.5 cm³/mol. The fraction of sp³-hybridized carbons (Fsp3) is 0.421. The molecule has 3 rings (SSSR count). The van der Waals surface area contributed by atoms with Gasteiger partial charge in [-0.2, -0.15) is 0 Å². The van der Waals surface area contributed by atoms with Gasteiger partial charge in [0.25, 0.3) is 5.91 Å². The zero-order valence-electron chi connectivity index (χ0n) is 13.5. The van der Waals surface area contributed by atoms with Crippen LogP contribution in [0.5, 0.6) is 0 Å². The van der Waals surface area contributed by atoms with Gasteiger partial charge in [0.2, 0.25) is 0 Å². The summed E-state index contributed by atoms with van der Waals surface area (Å²) in [4.78, 5) is 14.3. The van der Waals surface area contributed by atoms with Crippen molar-refractivity contribution in [3.8, 4) is 0 Å². The van der Waals surface area contributed by atoms with E-state index in [9.17, 15) is 4.79 Å². The molecule has 4 nitrogen and oxygen atoms in total. The number of likely N-dealkylation sites (tertiary alicyclic amines) is 1. The highest BCUT2D eigenvalue weighted by Crippen LogP contribution is 2.18. The molecular formula is C19H23NO3. The zero-order valence-corrected chi connectivity index (χ0v) is 13.5. The minimum atomic E-state index is 0.0685. The van der Waals surface area contributed by atoms with Crippen molar-refractivity contribution in [2.75, 3.05) is 19.7 Å². The summed E-state index contributed by atoms with van der Waals surface area (Å²) in [5.74, 6) is 0.759. The predicted octanol–water partition coefficient (Wildman–Crippen LogP) is 3.45. The average molecular weight is 313 g/mol. The van der Waals surface area contributed by atoms with E-state index in [0.717, 1.165) is 39.0 Å². The van der Waals surface area contributed by atoms with Crippen molar-refractivity contribution in [3.05, 3.63) is 59.5 Å². The number of ether oxygens (including phenoxy) is 1. The molecule has 0 spiro atoms. The van der Waals surface area contributed by atoms with Gasteiger partial charge in [0.15, 0.2) is 0 Å². The normalized spacial score (nSPS) is 15.8. The minimum Gasteiger partial charge on any atom is -0.469 e. The highest BCUT2D eigenvalue weighted by atomic mass is 16.5. The molecule has 2 heterocycles. The molecule has 4 heteroatoms. The number of amides is 1. The fourth-order valence-electron chi connectivity index (χ4n) is 2.99. The average Bonchev–Trinajstić information content (AvgIpc) is 3.02. The lowest BCUT2D eigenvalue weighted by molar-refractivity contribution is 0.0100. The molecule has 0 unspecified atom stereocenters. The first kappa shape index (κ1) is 15.8. The van der Waals surface area contributed by atoms with Crippen LogP contribution in [0, 0.1) is 6.92 Å². The summed E-state index contributed by atoms with van der Waals surface area (Å²) in [7, 11) is 0. The van der Waals surface area contributed by atoms with Gasteiger partial charge in [-0.25, -0.2) is 0 Å². The van der Waals surface area contributed by atoms with Gasteiger partial charge < -0.3 is 14.1 Å². The van der Waals surface area contributed by atoms with Crippen molar-refractivity contribution in [1.82, 2.24) is 4.90 Å². The number of carbonyl (C=O) groups excluding carboxylic acids is 1. The highest BCUT2D eigenvalue weighted by Gasteiger charge is 2.25. The van der Waals surface area contributed by atoms with Crippen LogP contribution in [0.2, 0.25) is 0 Å². The van der Waals surface area contributed by atoms with Gasteiger partial charge in [0, 0.05) is 13.1 Å². The number of piperidine rings is 1. The van der Waals surface area contributed by atoms with Crippen molar-refractivity contribution >= 4 is 5.91 Å². The summed E-state index contributed by atoms with van der Waals surface area (Å²) in [6.07, 6.45) is 4.57. The number of hydrogen-bond donors (Lipinski definition) is 0. The van der Waals surface area contributed by atoms with Crippen LogP contribution >= 0.6 is 0 Å². The van der Waals surface area contributed by atoms with Gasteiger partial charge in [0.1, 0.15) is 5.76 Å². The Hall–Kier alpha value is -2.07. The SMILES string of the molecule is Cc1occc1C(=O)N1CCC(OCCc2ccccc2)CC1. The summed E-state index contributed by atoms with van der Waals surface area (Å²) >= 11 is 0. The van der Waals surface area contributed by atoms with Gasteiger partial charge in [-0.15, -0.1) is 0 Å². The Kier molecular flexibility index (Phi) is 5.13. The number of hydrogen-bond acceptors (Lipinski definition) is 3. The van der Waals surface area contributed by atoms with Crippen LogP contribution in [-0.4, -0.2) is 36.6 Å². The second kappa shape index (κ2) is 7.47. The Balaban J connectivity index is 1.42. The number of rotatable bonds is 5. The van der Waals surface area contributed by atoms with Crippen LogP contribution in [0.3, 0.4) is 0 Å². The first-order valence-electron chi connectivity index (χ1n) is 8.23. The van der Waals surface area contributed by atoms with Crippen molar-refractivity contribution in [3.63, 3.8) is 0 Å². The maximum atomic E-state index is 12.4.